The fraction of sp³-hybridized carbons (Fsp3) is 0.524. The van der Waals surface area contributed by atoms with Crippen molar-refractivity contribution in [2.24, 2.45) is 17.8 Å². The lowest BCUT2D eigenvalue weighted by Crippen LogP contribution is -2.25. The lowest BCUT2D eigenvalue weighted by molar-refractivity contribution is 0.272. The van der Waals surface area contributed by atoms with Crippen molar-refractivity contribution >= 4 is 28.8 Å². The van der Waals surface area contributed by atoms with Gasteiger partial charge in [-0.15, -0.1) is 0 Å². The Morgan fingerprint density at radius 2 is 1.96 bits per heavy atom. The van der Waals surface area contributed by atoms with Gasteiger partial charge in [0.2, 0.25) is 0 Å². The Balaban J connectivity index is 2.00. The Labute approximate surface area is 150 Å². The number of benzene rings is 1. The first-order chi connectivity index (χ1) is 11.0. The molecule has 124 valence electrons. The van der Waals surface area contributed by atoms with Crippen molar-refractivity contribution in [2.45, 2.75) is 52.4 Å². The summed E-state index contributed by atoms with van der Waals surface area (Å²) in [5.74, 6) is 2.56. The van der Waals surface area contributed by atoms with E-state index in [0.29, 0.717) is 17.8 Å². The highest BCUT2D eigenvalue weighted by Gasteiger charge is 2.32. The van der Waals surface area contributed by atoms with Crippen molar-refractivity contribution in [3.8, 4) is 0 Å². The van der Waals surface area contributed by atoms with Crippen LogP contribution in [0.2, 0.25) is 10.0 Å². The van der Waals surface area contributed by atoms with Crippen LogP contribution in [-0.4, -0.2) is 0 Å². The van der Waals surface area contributed by atoms with Crippen molar-refractivity contribution in [1.29, 1.82) is 0 Å². The lowest BCUT2D eigenvalue weighted by Gasteiger charge is -2.37. The Bertz CT molecular complexity index is 641. The number of rotatable bonds is 3. The second-order valence-corrected chi connectivity index (χ2v) is 8.17. The number of fused-ring (bicyclic) bond motifs is 1. The standard InChI is InChI=1S/C21H26Cl2/c1-4-14(3)18-11-19(21(23)12-20(18)22)17-7-5-6-15-10-13(2)8-9-16(15)17/h5-7,11-16H,4,8-10H2,1-3H3. The second kappa shape index (κ2) is 7.03. The minimum atomic E-state index is 0.459. The SMILES string of the molecule is CCC(C)c1cc(C2=CC=CC3CC(C)CCC23)c(Cl)cc1Cl. The minimum Gasteiger partial charge on any atom is -0.0840 e. The summed E-state index contributed by atoms with van der Waals surface area (Å²) in [6, 6.07) is 4.19. The van der Waals surface area contributed by atoms with Gasteiger partial charge in [0, 0.05) is 10.0 Å². The van der Waals surface area contributed by atoms with Crippen molar-refractivity contribution < 1.29 is 0 Å². The zero-order valence-electron chi connectivity index (χ0n) is 14.3. The van der Waals surface area contributed by atoms with E-state index in [9.17, 15) is 0 Å². The minimum absolute atomic E-state index is 0.459. The second-order valence-electron chi connectivity index (χ2n) is 7.36. The first-order valence-electron chi connectivity index (χ1n) is 8.89. The molecule has 3 rings (SSSR count). The van der Waals surface area contributed by atoms with Gasteiger partial charge in [-0.05, 0) is 71.8 Å². The molecule has 0 radical (unpaired) electrons. The molecule has 0 saturated heterocycles. The molecule has 23 heavy (non-hydrogen) atoms. The van der Waals surface area contributed by atoms with Crippen LogP contribution in [0, 0.1) is 17.8 Å². The van der Waals surface area contributed by atoms with E-state index in [1.165, 1.54) is 36.0 Å². The van der Waals surface area contributed by atoms with Gasteiger partial charge >= 0.3 is 0 Å². The molecule has 4 unspecified atom stereocenters. The van der Waals surface area contributed by atoms with Gasteiger partial charge in [-0.2, -0.15) is 0 Å². The van der Waals surface area contributed by atoms with Crippen molar-refractivity contribution in [1.82, 2.24) is 0 Å². The molecule has 0 nitrogen and oxygen atoms in total. The predicted molar refractivity (Wildman–Crippen MR) is 102 cm³/mol. The molecule has 0 amide bonds. The molecule has 0 heterocycles. The molecule has 0 spiro atoms. The average Bonchev–Trinajstić information content (AvgIpc) is 2.53. The van der Waals surface area contributed by atoms with E-state index in [0.717, 1.165) is 22.4 Å². The van der Waals surface area contributed by atoms with E-state index in [2.05, 4.69) is 45.1 Å². The van der Waals surface area contributed by atoms with Gasteiger partial charge in [0.25, 0.3) is 0 Å². The monoisotopic (exact) mass is 348 g/mol. The van der Waals surface area contributed by atoms with Crippen molar-refractivity contribution in [3.63, 3.8) is 0 Å². The highest BCUT2D eigenvalue weighted by atomic mass is 35.5. The molecular weight excluding hydrogens is 323 g/mol. The summed E-state index contributed by atoms with van der Waals surface area (Å²) in [4.78, 5) is 0. The van der Waals surface area contributed by atoms with Crippen LogP contribution in [0.25, 0.3) is 5.57 Å². The number of allylic oxidation sites excluding steroid dienone is 4. The summed E-state index contributed by atoms with van der Waals surface area (Å²) < 4.78 is 0. The summed E-state index contributed by atoms with van der Waals surface area (Å²) in [5, 5.41) is 1.59. The number of halogens is 2. The molecule has 2 aliphatic carbocycles. The summed E-state index contributed by atoms with van der Waals surface area (Å²) in [5.41, 5.74) is 3.83. The fourth-order valence-electron chi connectivity index (χ4n) is 4.12. The third kappa shape index (κ3) is 3.39. The predicted octanol–water partition coefficient (Wildman–Crippen LogP) is 7.51. The van der Waals surface area contributed by atoms with E-state index in [4.69, 9.17) is 23.2 Å². The summed E-state index contributed by atoms with van der Waals surface area (Å²) >= 11 is 13.0. The van der Waals surface area contributed by atoms with E-state index in [1.54, 1.807) is 0 Å². The highest BCUT2D eigenvalue weighted by Crippen LogP contribution is 2.46. The van der Waals surface area contributed by atoms with Crippen LogP contribution in [0.5, 0.6) is 0 Å². The Hall–Kier alpha value is -0.720. The zero-order valence-corrected chi connectivity index (χ0v) is 15.8. The van der Waals surface area contributed by atoms with Crippen LogP contribution in [0.3, 0.4) is 0 Å². The van der Waals surface area contributed by atoms with Crippen LogP contribution in [-0.2, 0) is 0 Å². The molecule has 0 aliphatic heterocycles. The third-order valence-corrected chi connectivity index (χ3v) is 6.38. The topological polar surface area (TPSA) is 0 Å². The van der Waals surface area contributed by atoms with Crippen molar-refractivity contribution in [2.75, 3.05) is 0 Å². The quantitative estimate of drug-likeness (QED) is 0.529. The zero-order chi connectivity index (χ0) is 16.6. The highest BCUT2D eigenvalue weighted by molar-refractivity contribution is 6.36. The first kappa shape index (κ1) is 17.1. The van der Waals surface area contributed by atoms with Gasteiger partial charge in [-0.1, -0.05) is 68.6 Å². The molecule has 0 aromatic heterocycles. The first-order valence-corrected chi connectivity index (χ1v) is 9.64. The van der Waals surface area contributed by atoms with Crippen LogP contribution >= 0.6 is 23.2 Å². The van der Waals surface area contributed by atoms with E-state index in [1.807, 2.05) is 6.07 Å². The third-order valence-electron chi connectivity index (χ3n) is 5.74. The largest absolute Gasteiger partial charge is 0.0840 e. The Morgan fingerprint density at radius 1 is 1.17 bits per heavy atom. The van der Waals surface area contributed by atoms with Crippen molar-refractivity contribution in [3.05, 3.63) is 51.5 Å². The summed E-state index contributed by atoms with van der Waals surface area (Å²) in [6.07, 6.45) is 11.8. The molecule has 1 saturated carbocycles. The summed E-state index contributed by atoms with van der Waals surface area (Å²) in [6.45, 7) is 6.81. The van der Waals surface area contributed by atoms with Crippen LogP contribution < -0.4 is 0 Å². The molecule has 2 aliphatic rings. The smallest absolute Gasteiger partial charge is 0.0496 e. The lowest BCUT2D eigenvalue weighted by atomic mass is 9.68. The average molecular weight is 349 g/mol. The molecule has 2 heteroatoms. The maximum Gasteiger partial charge on any atom is 0.0496 e. The van der Waals surface area contributed by atoms with E-state index >= 15 is 0 Å². The maximum atomic E-state index is 6.59. The number of hydrogen-bond acceptors (Lipinski definition) is 0. The van der Waals surface area contributed by atoms with Gasteiger partial charge in [0.15, 0.2) is 0 Å². The van der Waals surface area contributed by atoms with Gasteiger partial charge in [-0.25, -0.2) is 0 Å². The molecule has 1 aromatic carbocycles. The van der Waals surface area contributed by atoms with Crippen LogP contribution in [0.4, 0.5) is 0 Å². The molecule has 0 N–H and O–H groups in total. The molecular formula is C21H26Cl2. The normalized spacial score (nSPS) is 28.2. The van der Waals surface area contributed by atoms with Gasteiger partial charge < -0.3 is 0 Å². The van der Waals surface area contributed by atoms with Gasteiger partial charge in [0.05, 0.1) is 0 Å². The fourth-order valence-corrected chi connectivity index (χ4v) is 4.80. The molecule has 0 bridgehead atoms. The van der Waals surface area contributed by atoms with E-state index < -0.39 is 0 Å². The number of hydrogen-bond donors (Lipinski definition) is 0. The molecule has 1 aromatic rings. The molecule has 4 atom stereocenters. The maximum absolute atomic E-state index is 6.59. The molecule has 1 fully saturated rings. The Kier molecular flexibility index (Phi) is 5.23. The van der Waals surface area contributed by atoms with E-state index in [-0.39, 0.29) is 0 Å². The van der Waals surface area contributed by atoms with Crippen LogP contribution in [0.15, 0.2) is 30.4 Å². The Morgan fingerprint density at radius 3 is 2.70 bits per heavy atom. The van der Waals surface area contributed by atoms with Gasteiger partial charge in [0.1, 0.15) is 0 Å². The van der Waals surface area contributed by atoms with Gasteiger partial charge in [-0.3, -0.25) is 0 Å². The van der Waals surface area contributed by atoms with Crippen LogP contribution in [0.1, 0.15) is 63.5 Å². The summed E-state index contributed by atoms with van der Waals surface area (Å²) in [7, 11) is 0.